The second kappa shape index (κ2) is 17.4. The maximum atomic E-state index is 2.63. The molecule has 0 aliphatic heterocycles. The molecule has 0 saturated heterocycles. The van der Waals surface area contributed by atoms with Crippen molar-refractivity contribution in [1.82, 2.24) is 0 Å². The monoisotopic (exact) mass is 876 g/mol. The van der Waals surface area contributed by atoms with Gasteiger partial charge in [0, 0.05) is 0 Å². The van der Waals surface area contributed by atoms with Crippen LogP contribution in [0.1, 0.15) is 95.2 Å². The molecule has 2 aliphatic rings. The molecule has 0 nitrogen and oxygen atoms in total. The molecule has 294 valence electrons. The van der Waals surface area contributed by atoms with Crippen molar-refractivity contribution in [1.29, 1.82) is 0 Å². The molecule has 0 fully saturated rings. The summed E-state index contributed by atoms with van der Waals surface area (Å²) < 4.78 is 5.12. The van der Waals surface area contributed by atoms with E-state index in [0.717, 1.165) is 19.3 Å². The first kappa shape index (κ1) is 43.7. The van der Waals surface area contributed by atoms with Crippen LogP contribution >= 0.6 is 0 Å². The van der Waals surface area contributed by atoms with Crippen LogP contribution in [-0.2, 0) is 50.4 Å². The van der Waals surface area contributed by atoms with Gasteiger partial charge in [0.25, 0.3) is 0 Å². The van der Waals surface area contributed by atoms with Crippen molar-refractivity contribution in [3.05, 3.63) is 194 Å². The van der Waals surface area contributed by atoms with Crippen LogP contribution in [0.3, 0.4) is 0 Å². The molecule has 3 heteroatoms. The van der Waals surface area contributed by atoms with E-state index in [9.17, 15) is 0 Å². The normalized spacial score (nSPS) is 13.5. The third kappa shape index (κ3) is 8.43. The van der Waals surface area contributed by atoms with E-state index in [1.807, 2.05) is 0 Å². The van der Waals surface area contributed by atoms with Crippen molar-refractivity contribution in [2.75, 3.05) is 0 Å². The van der Waals surface area contributed by atoms with Crippen LogP contribution in [0.15, 0.2) is 161 Å². The Morgan fingerprint density at radius 2 is 1.10 bits per heavy atom. The summed E-state index contributed by atoms with van der Waals surface area (Å²) in [7, 11) is 0. The first-order valence-electron chi connectivity index (χ1n) is 20.5. The predicted molar refractivity (Wildman–Crippen MR) is 239 cm³/mol. The van der Waals surface area contributed by atoms with Crippen LogP contribution in [-0.4, -0.2) is 3.21 Å². The number of benzene rings is 6. The zero-order valence-electron chi connectivity index (χ0n) is 35.4. The number of hydrogen-bond acceptors (Lipinski definition) is 0. The Kier molecular flexibility index (Phi) is 13.1. The van der Waals surface area contributed by atoms with Crippen LogP contribution in [0.2, 0.25) is 0 Å². The van der Waals surface area contributed by atoms with Gasteiger partial charge in [-0.3, -0.25) is 0 Å². The second-order valence-corrected chi connectivity index (χ2v) is 24.6. The fourth-order valence-electron chi connectivity index (χ4n) is 9.22. The molecule has 0 bridgehead atoms. The molecular weight excluding hydrogens is 823 g/mol. The van der Waals surface area contributed by atoms with Gasteiger partial charge >= 0.3 is 346 Å². The summed E-state index contributed by atoms with van der Waals surface area (Å²) in [6.07, 6.45) is 10.3. The minimum absolute atomic E-state index is 0. The van der Waals surface area contributed by atoms with Crippen LogP contribution < -0.4 is 28.1 Å². The first-order valence-corrected chi connectivity index (χ1v) is 24.2. The second-order valence-electron chi connectivity index (χ2n) is 18.5. The van der Waals surface area contributed by atoms with E-state index >= 15 is 0 Å². The van der Waals surface area contributed by atoms with Gasteiger partial charge in [0.05, 0.1) is 0 Å². The summed E-state index contributed by atoms with van der Waals surface area (Å²) in [5.41, 5.74) is 17.0. The van der Waals surface area contributed by atoms with Crippen LogP contribution in [0.4, 0.5) is 0 Å². The zero-order valence-corrected chi connectivity index (χ0v) is 39.4. The molecular formula is C55H56Cl2Zr. The minimum Gasteiger partial charge on any atom is -1.00 e. The van der Waals surface area contributed by atoms with E-state index < -0.39 is 21.3 Å². The van der Waals surface area contributed by atoms with Gasteiger partial charge in [0.15, 0.2) is 0 Å². The SMILES string of the molecule is CC(C)(C)c1cc2c(cc1-c1ccccc1)Cc1c-2cc(C(C)(C)C)c(-c2ccccc2)[c]1/[Zr+2]([C]1=CC=CC1)=[C](/Cc1ccccc1)C(C)(C)c1ccccc1.[Cl-].[Cl-]. The third-order valence-corrected chi connectivity index (χ3v) is 20.7. The maximum absolute atomic E-state index is 3.03. The van der Waals surface area contributed by atoms with Crippen LogP contribution in [0.25, 0.3) is 33.4 Å². The van der Waals surface area contributed by atoms with Crippen molar-refractivity contribution in [3.63, 3.8) is 0 Å². The average molecular weight is 879 g/mol. The molecule has 0 amide bonds. The largest absolute Gasteiger partial charge is 1.00 e. The summed E-state index contributed by atoms with van der Waals surface area (Å²) in [6.45, 7) is 19.5. The van der Waals surface area contributed by atoms with Gasteiger partial charge in [0.1, 0.15) is 0 Å². The minimum atomic E-state index is -3.03. The number of rotatable bonds is 8. The van der Waals surface area contributed by atoms with Crippen LogP contribution in [0, 0.1) is 0 Å². The van der Waals surface area contributed by atoms with Gasteiger partial charge in [-0.15, -0.1) is 0 Å². The summed E-state index contributed by atoms with van der Waals surface area (Å²) >= 11 is -3.03. The molecule has 0 unspecified atom stereocenters. The summed E-state index contributed by atoms with van der Waals surface area (Å²) in [5, 5.41) is 0. The fraction of sp³-hybridized carbons (Fsp3) is 0.255. The van der Waals surface area contributed by atoms with Gasteiger partial charge in [-0.05, 0) is 0 Å². The third-order valence-electron chi connectivity index (χ3n) is 12.2. The van der Waals surface area contributed by atoms with E-state index in [4.69, 9.17) is 0 Å². The number of fused-ring (bicyclic) bond motifs is 3. The van der Waals surface area contributed by atoms with Gasteiger partial charge < -0.3 is 24.8 Å². The Hall–Kier alpha value is -3.87. The zero-order chi connectivity index (χ0) is 39.2. The molecule has 0 saturated carbocycles. The number of allylic oxidation sites excluding steroid dienone is 4. The first-order chi connectivity index (χ1) is 26.8. The van der Waals surface area contributed by atoms with Crippen molar-refractivity contribution in [2.45, 2.75) is 90.9 Å². The predicted octanol–water partition coefficient (Wildman–Crippen LogP) is 7.68. The topological polar surface area (TPSA) is 0 Å². The fourth-order valence-corrected chi connectivity index (χ4v) is 18.6. The smallest absolute Gasteiger partial charge is 1.00 e. The maximum Gasteiger partial charge on any atom is -1.00 e. The molecule has 6 aromatic carbocycles. The molecule has 2 aliphatic carbocycles. The van der Waals surface area contributed by atoms with Crippen molar-refractivity contribution in [2.24, 2.45) is 0 Å². The van der Waals surface area contributed by atoms with E-state index in [-0.39, 0.29) is 41.1 Å². The Labute approximate surface area is 368 Å². The van der Waals surface area contributed by atoms with Crippen LogP contribution in [0.5, 0.6) is 0 Å². The molecule has 6 aromatic rings. The Bertz CT molecular complexity index is 2490. The molecule has 8 rings (SSSR count). The summed E-state index contributed by atoms with van der Waals surface area (Å²) in [5.74, 6) is 0. The van der Waals surface area contributed by atoms with Gasteiger partial charge in [-0.1, -0.05) is 0 Å². The molecule has 0 heterocycles. The van der Waals surface area contributed by atoms with Crippen molar-refractivity contribution in [3.8, 4) is 33.4 Å². The van der Waals surface area contributed by atoms with E-state index in [1.54, 1.807) is 15.3 Å². The van der Waals surface area contributed by atoms with Gasteiger partial charge in [-0.2, -0.15) is 0 Å². The molecule has 0 atom stereocenters. The average Bonchev–Trinajstić information content (AvgIpc) is 3.86. The summed E-state index contributed by atoms with van der Waals surface area (Å²) in [6, 6.07) is 53.0. The standard InChI is InChI=1S/C33H33.C17H18.C5H5.2ClH.Zr/c1-32(2,3)30-20-26-24(18-28(30)22-13-9-7-10-14-22)17-25-19-29(23-15-11-8-12-16-23)31(21-27(25)26)33(4,5)6;1-17(2,16-11-7-4-8-12-16)14-13-15-9-5-3-6-10-15;1-2-4-5-3-1;;;/h7-16,18,20-21H,17H2,1-6H3;3-12H,13H2,1-2H3;1-3H,4H2;2*1H;/q;;;;;+2/p-2. The number of hydrogen-bond donors (Lipinski definition) is 0. The molecule has 0 radical (unpaired) electrons. The molecule has 0 spiro atoms. The Morgan fingerprint density at radius 3 is 1.66 bits per heavy atom. The molecule has 58 heavy (non-hydrogen) atoms. The summed E-state index contributed by atoms with van der Waals surface area (Å²) in [4.78, 5) is 0. The molecule has 0 aromatic heterocycles. The Morgan fingerprint density at radius 1 is 0.569 bits per heavy atom. The van der Waals surface area contributed by atoms with Gasteiger partial charge in [-0.25, -0.2) is 0 Å². The Balaban J connectivity index is 0.00000283. The van der Waals surface area contributed by atoms with E-state index in [0.29, 0.717) is 0 Å². The van der Waals surface area contributed by atoms with E-state index in [1.165, 1.54) is 61.2 Å². The van der Waals surface area contributed by atoms with Crippen molar-refractivity contribution >= 4 is 6.48 Å². The quantitative estimate of drug-likeness (QED) is 0.147. The van der Waals surface area contributed by atoms with Crippen molar-refractivity contribution < 1.29 is 46.1 Å². The van der Waals surface area contributed by atoms with E-state index in [2.05, 4.69) is 213 Å². The number of halogens is 2. The van der Waals surface area contributed by atoms with Gasteiger partial charge in [0.2, 0.25) is 0 Å². The molecule has 0 N–H and O–H groups in total.